The Balaban J connectivity index is 2.59. The first-order valence-corrected chi connectivity index (χ1v) is 5.26. The number of carboxylic acid groups (broad SMARTS) is 1. The third-order valence-electron chi connectivity index (χ3n) is 3.14. The van der Waals surface area contributed by atoms with Crippen molar-refractivity contribution in [2.75, 3.05) is 7.11 Å². The second-order valence-corrected chi connectivity index (χ2v) is 4.26. The van der Waals surface area contributed by atoms with E-state index in [9.17, 15) is 13.6 Å². The van der Waals surface area contributed by atoms with Crippen LogP contribution in [0.3, 0.4) is 0 Å². The summed E-state index contributed by atoms with van der Waals surface area (Å²) in [6, 6.07) is -1.15. The number of nitrogens with two attached hydrogens (primary N) is 1. The van der Waals surface area contributed by atoms with Gasteiger partial charge in [0.15, 0.2) is 0 Å². The predicted molar refractivity (Wildman–Crippen MR) is 53.3 cm³/mol. The zero-order valence-corrected chi connectivity index (χ0v) is 9.16. The fraction of sp³-hybridized carbons (Fsp3) is 0.900. The fourth-order valence-electron chi connectivity index (χ4n) is 2.16. The number of rotatable bonds is 4. The van der Waals surface area contributed by atoms with E-state index in [2.05, 4.69) is 0 Å². The molecule has 1 fully saturated rings. The Morgan fingerprint density at radius 2 is 2.00 bits per heavy atom. The summed E-state index contributed by atoms with van der Waals surface area (Å²) < 4.78 is 30.9. The maximum Gasteiger partial charge on any atom is 0.323 e. The Morgan fingerprint density at radius 1 is 1.50 bits per heavy atom. The largest absolute Gasteiger partial charge is 0.480 e. The average Bonchev–Trinajstić information content (AvgIpc) is 2.21. The average molecular weight is 237 g/mol. The Hall–Kier alpha value is -0.750. The molecule has 4 nitrogen and oxygen atoms in total. The standard InChI is InChI=1S/C10H17F2NO3/c1-16-8(7(13)9(14)15)6-2-4-10(11,12)5-3-6/h6-8H,2-5,13H2,1H3,(H,14,15). The highest BCUT2D eigenvalue weighted by atomic mass is 19.3. The SMILES string of the molecule is COC(C1CCC(F)(F)CC1)C(N)C(=O)O. The first-order valence-electron chi connectivity index (χ1n) is 5.26. The molecule has 2 unspecified atom stereocenters. The second kappa shape index (κ2) is 5.05. The van der Waals surface area contributed by atoms with E-state index in [1.165, 1.54) is 7.11 Å². The van der Waals surface area contributed by atoms with Crippen molar-refractivity contribution < 1.29 is 23.4 Å². The summed E-state index contributed by atoms with van der Waals surface area (Å²) in [4.78, 5) is 10.7. The number of aliphatic carboxylic acids is 1. The van der Waals surface area contributed by atoms with Crippen LogP contribution in [0.5, 0.6) is 0 Å². The number of carbonyl (C=O) groups is 1. The van der Waals surface area contributed by atoms with Crippen molar-refractivity contribution >= 4 is 5.97 Å². The molecule has 1 aliphatic rings. The van der Waals surface area contributed by atoms with Crippen LogP contribution in [-0.2, 0) is 9.53 Å². The number of alkyl halides is 2. The van der Waals surface area contributed by atoms with Crippen LogP contribution in [0.1, 0.15) is 25.7 Å². The number of ether oxygens (including phenoxy) is 1. The molecule has 0 aromatic heterocycles. The summed E-state index contributed by atoms with van der Waals surface area (Å²) in [5.74, 6) is -3.98. The van der Waals surface area contributed by atoms with Crippen molar-refractivity contribution in [1.82, 2.24) is 0 Å². The normalized spacial score (nSPS) is 25.0. The summed E-state index contributed by atoms with van der Waals surface area (Å²) in [7, 11) is 1.36. The number of halogens is 2. The van der Waals surface area contributed by atoms with Gasteiger partial charge in [-0.25, -0.2) is 8.78 Å². The van der Waals surface area contributed by atoms with Crippen LogP contribution in [0, 0.1) is 5.92 Å². The van der Waals surface area contributed by atoms with Crippen LogP contribution in [-0.4, -0.2) is 36.3 Å². The lowest BCUT2D eigenvalue weighted by Gasteiger charge is -2.34. The molecule has 1 saturated carbocycles. The molecule has 0 heterocycles. The maximum atomic E-state index is 12.9. The van der Waals surface area contributed by atoms with Crippen LogP contribution in [0.4, 0.5) is 8.78 Å². The molecule has 0 aromatic rings. The van der Waals surface area contributed by atoms with Crippen molar-refractivity contribution in [3.05, 3.63) is 0 Å². The molecule has 0 amide bonds. The van der Waals surface area contributed by atoms with E-state index in [-0.39, 0.29) is 31.6 Å². The van der Waals surface area contributed by atoms with Gasteiger partial charge in [0, 0.05) is 20.0 Å². The van der Waals surface area contributed by atoms with E-state index < -0.39 is 24.0 Å². The molecule has 16 heavy (non-hydrogen) atoms. The monoisotopic (exact) mass is 237 g/mol. The topological polar surface area (TPSA) is 72.5 Å². The van der Waals surface area contributed by atoms with Crippen LogP contribution in [0.15, 0.2) is 0 Å². The number of carboxylic acids is 1. The zero-order chi connectivity index (χ0) is 12.3. The smallest absolute Gasteiger partial charge is 0.323 e. The first-order chi connectivity index (χ1) is 7.37. The third-order valence-corrected chi connectivity index (χ3v) is 3.14. The molecular formula is C10H17F2NO3. The number of hydrogen-bond acceptors (Lipinski definition) is 3. The second-order valence-electron chi connectivity index (χ2n) is 4.26. The van der Waals surface area contributed by atoms with Gasteiger partial charge in [-0.05, 0) is 18.8 Å². The quantitative estimate of drug-likeness (QED) is 0.771. The Kier molecular flexibility index (Phi) is 4.21. The summed E-state index contributed by atoms with van der Waals surface area (Å²) >= 11 is 0. The van der Waals surface area contributed by atoms with E-state index in [0.29, 0.717) is 0 Å². The molecule has 0 spiro atoms. The molecule has 0 bridgehead atoms. The Bertz CT molecular complexity index is 250. The highest BCUT2D eigenvalue weighted by Crippen LogP contribution is 2.38. The molecule has 6 heteroatoms. The van der Waals surface area contributed by atoms with E-state index in [1.807, 2.05) is 0 Å². The van der Waals surface area contributed by atoms with Gasteiger partial charge >= 0.3 is 5.97 Å². The van der Waals surface area contributed by atoms with Crippen LogP contribution < -0.4 is 5.73 Å². The van der Waals surface area contributed by atoms with E-state index in [0.717, 1.165) is 0 Å². The summed E-state index contributed by atoms with van der Waals surface area (Å²) in [6.45, 7) is 0. The van der Waals surface area contributed by atoms with Gasteiger partial charge in [0.05, 0.1) is 6.10 Å². The van der Waals surface area contributed by atoms with Gasteiger partial charge in [-0.1, -0.05) is 0 Å². The van der Waals surface area contributed by atoms with Crippen LogP contribution in [0.2, 0.25) is 0 Å². The minimum absolute atomic E-state index is 0.198. The zero-order valence-electron chi connectivity index (χ0n) is 9.16. The molecule has 0 radical (unpaired) electrons. The molecule has 0 aromatic carbocycles. The van der Waals surface area contributed by atoms with Gasteiger partial charge < -0.3 is 15.6 Å². The number of hydrogen-bond donors (Lipinski definition) is 2. The molecule has 0 aliphatic heterocycles. The van der Waals surface area contributed by atoms with Crippen molar-refractivity contribution in [2.45, 2.75) is 43.8 Å². The third kappa shape index (κ3) is 3.12. The van der Waals surface area contributed by atoms with Crippen molar-refractivity contribution in [3.63, 3.8) is 0 Å². The lowest BCUT2D eigenvalue weighted by Crippen LogP contribution is -2.48. The number of methoxy groups -OCH3 is 1. The van der Waals surface area contributed by atoms with Gasteiger partial charge in [0.2, 0.25) is 5.92 Å². The van der Waals surface area contributed by atoms with E-state index >= 15 is 0 Å². The maximum absolute atomic E-state index is 12.9. The summed E-state index contributed by atoms with van der Waals surface area (Å²) in [5, 5.41) is 8.76. The van der Waals surface area contributed by atoms with E-state index in [4.69, 9.17) is 15.6 Å². The van der Waals surface area contributed by atoms with Gasteiger partial charge in [0.25, 0.3) is 0 Å². The minimum atomic E-state index is -2.62. The molecule has 1 rings (SSSR count). The van der Waals surface area contributed by atoms with Gasteiger partial charge in [-0.3, -0.25) is 4.79 Å². The lowest BCUT2D eigenvalue weighted by molar-refractivity contribution is -0.144. The highest BCUT2D eigenvalue weighted by Gasteiger charge is 2.40. The highest BCUT2D eigenvalue weighted by molar-refractivity contribution is 5.74. The molecule has 3 N–H and O–H groups in total. The molecular weight excluding hydrogens is 220 g/mol. The summed E-state index contributed by atoms with van der Waals surface area (Å²) in [6.07, 6.45) is -0.610. The Labute approximate surface area is 92.8 Å². The van der Waals surface area contributed by atoms with E-state index in [1.54, 1.807) is 0 Å². The van der Waals surface area contributed by atoms with Crippen molar-refractivity contribution in [3.8, 4) is 0 Å². The van der Waals surface area contributed by atoms with Crippen LogP contribution in [0.25, 0.3) is 0 Å². The molecule has 94 valence electrons. The van der Waals surface area contributed by atoms with Crippen molar-refractivity contribution in [1.29, 1.82) is 0 Å². The van der Waals surface area contributed by atoms with Crippen molar-refractivity contribution in [2.24, 2.45) is 11.7 Å². The molecule has 0 saturated heterocycles. The Morgan fingerprint density at radius 3 is 2.38 bits per heavy atom. The fourth-order valence-corrected chi connectivity index (χ4v) is 2.16. The van der Waals surface area contributed by atoms with Gasteiger partial charge in [-0.15, -0.1) is 0 Å². The molecule has 2 atom stereocenters. The minimum Gasteiger partial charge on any atom is -0.480 e. The van der Waals surface area contributed by atoms with Gasteiger partial charge in [-0.2, -0.15) is 0 Å². The predicted octanol–water partition coefficient (Wildman–Crippen LogP) is 1.24. The summed E-state index contributed by atoms with van der Waals surface area (Å²) in [5.41, 5.74) is 5.46. The van der Waals surface area contributed by atoms with Gasteiger partial charge in [0.1, 0.15) is 6.04 Å². The molecule has 1 aliphatic carbocycles. The van der Waals surface area contributed by atoms with Crippen LogP contribution >= 0.6 is 0 Å². The lowest BCUT2D eigenvalue weighted by atomic mass is 9.81. The first kappa shape index (κ1) is 13.3.